The van der Waals surface area contributed by atoms with E-state index in [0.29, 0.717) is 23.5 Å². The highest BCUT2D eigenvalue weighted by Crippen LogP contribution is 2.19. The molecule has 2 aromatic rings. The Bertz CT molecular complexity index is 630. The number of rotatable bonds is 4. The van der Waals surface area contributed by atoms with Gasteiger partial charge in [0.2, 0.25) is 5.95 Å². The molecule has 0 fully saturated rings. The van der Waals surface area contributed by atoms with Crippen LogP contribution < -0.4 is 5.32 Å². The number of fused-ring (bicyclic) bond motifs is 1. The maximum Gasteiger partial charge on any atom is 0.220 e. The summed E-state index contributed by atoms with van der Waals surface area (Å²) >= 11 is 0. The molecule has 18 heavy (non-hydrogen) atoms. The number of imidazole rings is 1. The third-order valence-corrected chi connectivity index (χ3v) is 2.19. The van der Waals surface area contributed by atoms with Gasteiger partial charge < -0.3 is 10.3 Å². The van der Waals surface area contributed by atoms with Crippen LogP contribution in [0.5, 0.6) is 0 Å². The first kappa shape index (κ1) is 11.9. The number of H-pyrrole nitrogens is 1. The lowest BCUT2D eigenvalue weighted by Gasteiger charge is -2.04. The second-order valence-corrected chi connectivity index (χ2v) is 3.83. The maximum atomic E-state index is 8.40. The number of aromatic nitrogens is 4. The fourth-order valence-electron chi connectivity index (χ4n) is 1.39. The van der Waals surface area contributed by atoms with Crippen molar-refractivity contribution < 1.29 is 0 Å². The fourth-order valence-corrected chi connectivity index (χ4v) is 1.39. The third kappa shape index (κ3) is 2.55. The van der Waals surface area contributed by atoms with E-state index in [2.05, 4.69) is 35.3 Å². The van der Waals surface area contributed by atoms with Gasteiger partial charge in [0.1, 0.15) is 5.52 Å². The predicted molar refractivity (Wildman–Crippen MR) is 68.4 cm³/mol. The van der Waals surface area contributed by atoms with Crippen molar-refractivity contribution in [3.63, 3.8) is 0 Å². The molecule has 0 atom stereocenters. The first-order chi connectivity index (χ1) is 8.70. The summed E-state index contributed by atoms with van der Waals surface area (Å²) in [6, 6.07) is 0. The molecular weight excluding hydrogens is 232 g/mol. The summed E-state index contributed by atoms with van der Waals surface area (Å²) in [6.45, 7) is 4.65. The summed E-state index contributed by atoms with van der Waals surface area (Å²) in [6.07, 6.45) is 3.54. The van der Waals surface area contributed by atoms with Crippen molar-refractivity contribution in [2.75, 3.05) is 11.9 Å². The highest BCUT2D eigenvalue weighted by molar-refractivity contribution is 5.83. The molecule has 0 aromatic carbocycles. The van der Waals surface area contributed by atoms with Crippen molar-refractivity contribution in [3.05, 3.63) is 28.4 Å². The Morgan fingerprint density at radius 2 is 2.39 bits per heavy atom. The second kappa shape index (κ2) is 5.15. The van der Waals surface area contributed by atoms with Gasteiger partial charge in [-0.1, -0.05) is 11.6 Å². The van der Waals surface area contributed by atoms with Gasteiger partial charge in [0.25, 0.3) is 0 Å². The van der Waals surface area contributed by atoms with Crippen molar-refractivity contribution in [1.29, 1.82) is 0 Å². The molecule has 0 aliphatic carbocycles. The predicted octanol–water partition coefficient (Wildman–Crippen LogP) is 2.67. The zero-order chi connectivity index (χ0) is 13.0. The largest absolute Gasteiger partial charge is 0.365 e. The van der Waals surface area contributed by atoms with E-state index in [-0.39, 0.29) is 5.95 Å². The summed E-state index contributed by atoms with van der Waals surface area (Å²) in [4.78, 5) is 17.7. The van der Waals surface area contributed by atoms with Gasteiger partial charge in [-0.15, -0.1) is 0 Å². The number of nitrogens with zero attached hydrogens (tertiary/aromatic N) is 6. The van der Waals surface area contributed by atoms with Gasteiger partial charge >= 0.3 is 0 Å². The standard InChI is InChI=1S/C10H12N8/c1-6(2)3-4-12-8-7-9(14-5-13-7)16-10(15-8)17-18-11/h3,5H,4H2,1-2H3,(H2,12,13,14,15,16). The summed E-state index contributed by atoms with van der Waals surface area (Å²) in [5, 5.41) is 6.51. The lowest BCUT2D eigenvalue weighted by molar-refractivity contribution is 1.13. The minimum absolute atomic E-state index is 0.0526. The molecule has 0 aliphatic heterocycles. The lowest BCUT2D eigenvalue weighted by Crippen LogP contribution is -2.02. The number of azide groups is 1. The summed E-state index contributed by atoms with van der Waals surface area (Å²) < 4.78 is 0. The number of hydrogen-bond donors (Lipinski definition) is 2. The smallest absolute Gasteiger partial charge is 0.220 e. The minimum atomic E-state index is 0.0526. The Balaban J connectivity index is 2.37. The monoisotopic (exact) mass is 244 g/mol. The van der Waals surface area contributed by atoms with Crippen LogP contribution in [0.2, 0.25) is 0 Å². The Hall–Kier alpha value is -2.60. The topological polar surface area (TPSA) is 115 Å². The van der Waals surface area contributed by atoms with Gasteiger partial charge in [0, 0.05) is 11.5 Å². The van der Waals surface area contributed by atoms with E-state index in [1.54, 1.807) is 0 Å². The van der Waals surface area contributed by atoms with Crippen LogP contribution >= 0.6 is 0 Å². The van der Waals surface area contributed by atoms with Crippen LogP contribution in [-0.4, -0.2) is 26.5 Å². The quantitative estimate of drug-likeness (QED) is 0.372. The summed E-state index contributed by atoms with van der Waals surface area (Å²) in [5.41, 5.74) is 10.8. The van der Waals surface area contributed by atoms with Gasteiger partial charge in [-0.05, 0) is 24.5 Å². The van der Waals surface area contributed by atoms with Gasteiger partial charge in [-0.25, -0.2) is 15.0 Å². The van der Waals surface area contributed by atoms with E-state index in [9.17, 15) is 0 Å². The third-order valence-electron chi connectivity index (χ3n) is 2.19. The van der Waals surface area contributed by atoms with Crippen molar-refractivity contribution in [2.24, 2.45) is 5.11 Å². The average Bonchev–Trinajstić information content (AvgIpc) is 2.77. The Labute approximate surface area is 103 Å². The number of aromatic amines is 1. The normalized spacial score (nSPS) is 9.89. The number of allylic oxidation sites excluding steroid dienone is 1. The summed E-state index contributed by atoms with van der Waals surface area (Å²) in [5.74, 6) is 0.620. The van der Waals surface area contributed by atoms with Gasteiger partial charge in [0.15, 0.2) is 11.5 Å². The van der Waals surface area contributed by atoms with Crippen molar-refractivity contribution >= 4 is 22.9 Å². The van der Waals surface area contributed by atoms with Crippen LogP contribution in [0.4, 0.5) is 11.8 Å². The van der Waals surface area contributed by atoms with Crippen molar-refractivity contribution in [1.82, 2.24) is 19.9 Å². The van der Waals surface area contributed by atoms with E-state index in [4.69, 9.17) is 5.53 Å². The molecule has 8 heteroatoms. The molecule has 2 aromatic heterocycles. The highest BCUT2D eigenvalue weighted by atomic mass is 15.2. The molecule has 0 aliphatic rings. The Morgan fingerprint density at radius 3 is 3.11 bits per heavy atom. The molecule has 0 amide bonds. The van der Waals surface area contributed by atoms with Crippen LogP contribution in [-0.2, 0) is 0 Å². The molecule has 0 spiro atoms. The van der Waals surface area contributed by atoms with Crippen molar-refractivity contribution in [3.8, 4) is 0 Å². The van der Waals surface area contributed by atoms with Crippen LogP contribution in [0.3, 0.4) is 0 Å². The second-order valence-electron chi connectivity index (χ2n) is 3.83. The Kier molecular flexibility index (Phi) is 3.40. The molecule has 92 valence electrons. The van der Waals surface area contributed by atoms with Crippen LogP contribution in [0.1, 0.15) is 13.8 Å². The molecule has 8 nitrogen and oxygen atoms in total. The fraction of sp³-hybridized carbons (Fsp3) is 0.300. The zero-order valence-electron chi connectivity index (χ0n) is 10.0. The van der Waals surface area contributed by atoms with Crippen LogP contribution in [0.15, 0.2) is 23.1 Å². The van der Waals surface area contributed by atoms with E-state index < -0.39 is 0 Å². The van der Waals surface area contributed by atoms with Crippen molar-refractivity contribution in [2.45, 2.75) is 13.8 Å². The molecule has 0 bridgehead atoms. The van der Waals surface area contributed by atoms with E-state index in [0.717, 1.165) is 0 Å². The molecule has 0 saturated heterocycles. The average molecular weight is 244 g/mol. The molecule has 0 saturated carbocycles. The van der Waals surface area contributed by atoms with Gasteiger partial charge in [0.05, 0.1) is 6.33 Å². The Morgan fingerprint density at radius 1 is 1.56 bits per heavy atom. The maximum absolute atomic E-state index is 8.40. The molecule has 0 radical (unpaired) electrons. The molecule has 2 heterocycles. The summed E-state index contributed by atoms with van der Waals surface area (Å²) in [7, 11) is 0. The van der Waals surface area contributed by atoms with E-state index >= 15 is 0 Å². The molecule has 2 N–H and O–H groups in total. The lowest BCUT2D eigenvalue weighted by atomic mass is 10.3. The van der Waals surface area contributed by atoms with Gasteiger partial charge in [-0.2, -0.15) is 0 Å². The number of nitrogens with one attached hydrogen (secondary N) is 2. The van der Waals surface area contributed by atoms with Crippen LogP contribution in [0.25, 0.3) is 21.6 Å². The number of hydrogen-bond acceptors (Lipinski definition) is 5. The number of anilines is 1. The van der Waals surface area contributed by atoms with E-state index in [1.807, 2.05) is 19.9 Å². The molecular formula is C10H12N8. The van der Waals surface area contributed by atoms with E-state index in [1.165, 1.54) is 11.9 Å². The first-order valence-corrected chi connectivity index (χ1v) is 5.34. The molecule has 0 unspecified atom stereocenters. The van der Waals surface area contributed by atoms with Gasteiger partial charge in [-0.3, -0.25) is 0 Å². The highest BCUT2D eigenvalue weighted by Gasteiger charge is 2.07. The molecule has 2 rings (SSSR count). The first-order valence-electron chi connectivity index (χ1n) is 5.34. The SMILES string of the molecule is CC(C)=CCNc1nc(N=[N+]=[N-])nc2nc[nH]c12. The van der Waals surface area contributed by atoms with Crippen LogP contribution in [0, 0.1) is 0 Å². The zero-order valence-corrected chi connectivity index (χ0v) is 10.0. The minimum Gasteiger partial charge on any atom is -0.365 e.